The minimum Gasteiger partial charge on any atom is -0.466 e. The fourth-order valence-corrected chi connectivity index (χ4v) is 6.29. The van der Waals surface area contributed by atoms with Crippen molar-refractivity contribution in [2.24, 2.45) is 5.16 Å². The standard InChI is InChI=1S/C25H23ClF3N5O6S2/c1-42(36,37)40-16-4-2-3-15(11-16)21-19(26)20(33-39-21)17-13-41-24(32-17)14-5-9-34(10-6-14)18(35)12-38-23-22(25(27,28)29)30-7-8-31-23/h2-4,7-8,11,13-14,19,21H,5-6,9-10,12H2,1H3. The maximum Gasteiger partial charge on any atom is 0.438 e. The van der Waals surface area contributed by atoms with Crippen molar-refractivity contribution in [1.29, 1.82) is 0 Å². The second-order valence-corrected chi connectivity index (χ2v) is 12.4. The molecule has 1 saturated heterocycles. The Morgan fingerprint density at radius 2 is 1.95 bits per heavy atom. The van der Waals surface area contributed by atoms with E-state index in [-0.39, 0.29) is 11.7 Å². The number of thiazole rings is 1. The number of piperidine rings is 1. The zero-order valence-corrected chi connectivity index (χ0v) is 24.2. The van der Waals surface area contributed by atoms with Gasteiger partial charge in [0.05, 0.1) is 11.3 Å². The molecule has 5 rings (SSSR count). The van der Waals surface area contributed by atoms with Gasteiger partial charge in [0.25, 0.3) is 5.91 Å². The lowest BCUT2D eigenvalue weighted by Crippen LogP contribution is -2.40. The predicted octanol–water partition coefficient (Wildman–Crippen LogP) is 4.16. The molecule has 1 fully saturated rings. The molecule has 0 N–H and O–H groups in total. The third-order valence-corrected chi connectivity index (χ3v) is 8.41. The molecule has 11 nitrogen and oxygen atoms in total. The van der Waals surface area contributed by atoms with Gasteiger partial charge in [-0.25, -0.2) is 15.0 Å². The number of hydrogen-bond acceptors (Lipinski definition) is 11. The van der Waals surface area contributed by atoms with Crippen LogP contribution in [0.1, 0.15) is 46.8 Å². The van der Waals surface area contributed by atoms with Crippen molar-refractivity contribution in [3.05, 3.63) is 64.0 Å². The Bertz CT molecular complexity index is 1590. The quantitative estimate of drug-likeness (QED) is 0.262. The SMILES string of the molecule is CS(=O)(=O)Oc1cccc(C2ON=C(c3csc(C4CCN(C(=O)COc5nccnc5C(F)(F)F)CC4)n3)C2Cl)c1. The second kappa shape index (κ2) is 12.0. The number of carbonyl (C=O) groups is 1. The summed E-state index contributed by atoms with van der Waals surface area (Å²) in [5.41, 5.74) is 0.289. The molecule has 2 unspecified atom stereocenters. The number of carbonyl (C=O) groups excluding carboxylic acids is 1. The molecule has 224 valence electrons. The van der Waals surface area contributed by atoms with E-state index in [4.69, 9.17) is 30.3 Å². The lowest BCUT2D eigenvalue weighted by molar-refractivity contribution is -0.144. The third kappa shape index (κ3) is 6.93. The number of amides is 1. The summed E-state index contributed by atoms with van der Waals surface area (Å²) in [7, 11) is -3.70. The van der Waals surface area contributed by atoms with E-state index in [1.54, 1.807) is 12.1 Å². The minimum absolute atomic E-state index is 0.0582. The van der Waals surface area contributed by atoms with Crippen LogP contribution in [-0.4, -0.2) is 71.2 Å². The van der Waals surface area contributed by atoms with Gasteiger partial charge in [0.1, 0.15) is 22.5 Å². The van der Waals surface area contributed by atoms with Gasteiger partial charge in [0.15, 0.2) is 12.7 Å². The third-order valence-electron chi connectivity index (χ3n) is 6.47. The largest absolute Gasteiger partial charge is 0.466 e. The minimum atomic E-state index is -4.75. The van der Waals surface area contributed by atoms with Gasteiger partial charge < -0.3 is 18.7 Å². The highest BCUT2D eigenvalue weighted by molar-refractivity contribution is 7.86. The number of benzene rings is 1. The number of ether oxygens (including phenoxy) is 1. The average Bonchev–Trinajstić information content (AvgIpc) is 3.57. The van der Waals surface area contributed by atoms with Crippen molar-refractivity contribution in [3.63, 3.8) is 0 Å². The number of likely N-dealkylation sites (tertiary alicyclic amines) is 1. The summed E-state index contributed by atoms with van der Waals surface area (Å²) in [4.78, 5) is 31.2. The lowest BCUT2D eigenvalue weighted by atomic mass is 9.97. The van der Waals surface area contributed by atoms with Gasteiger partial charge in [0, 0.05) is 42.3 Å². The molecular formula is C25H23ClF3N5O6S2. The first-order valence-corrected chi connectivity index (χ1v) is 15.6. The van der Waals surface area contributed by atoms with Crippen LogP contribution in [-0.2, 0) is 25.9 Å². The van der Waals surface area contributed by atoms with Crippen LogP contribution in [0.15, 0.2) is 47.2 Å². The summed E-state index contributed by atoms with van der Waals surface area (Å²) in [6.07, 6.45) is -1.32. The van der Waals surface area contributed by atoms with E-state index in [0.717, 1.165) is 23.7 Å². The Morgan fingerprint density at radius 3 is 2.67 bits per heavy atom. The van der Waals surface area contributed by atoms with Crippen LogP contribution in [0.4, 0.5) is 13.2 Å². The highest BCUT2D eigenvalue weighted by atomic mass is 35.5. The van der Waals surface area contributed by atoms with Crippen LogP contribution < -0.4 is 8.92 Å². The molecule has 17 heteroatoms. The number of nitrogens with zero attached hydrogens (tertiary/aromatic N) is 5. The summed E-state index contributed by atoms with van der Waals surface area (Å²) in [5, 5.41) is 6.10. The van der Waals surface area contributed by atoms with E-state index < -0.39 is 51.9 Å². The second-order valence-electron chi connectivity index (χ2n) is 9.49. The Labute approximate surface area is 247 Å². The number of alkyl halides is 4. The molecule has 0 spiro atoms. The summed E-state index contributed by atoms with van der Waals surface area (Å²) < 4.78 is 72.2. The van der Waals surface area contributed by atoms with E-state index in [1.165, 1.54) is 28.4 Å². The highest BCUT2D eigenvalue weighted by Gasteiger charge is 2.38. The van der Waals surface area contributed by atoms with Gasteiger partial charge in [-0.05, 0) is 25.0 Å². The van der Waals surface area contributed by atoms with Crippen molar-refractivity contribution < 1.29 is 40.1 Å². The molecule has 2 aliphatic heterocycles. The average molecular weight is 646 g/mol. The van der Waals surface area contributed by atoms with E-state index in [2.05, 4.69) is 15.1 Å². The zero-order chi connectivity index (χ0) is 30.1. The van der Waals surface area contributed by atoms with Crippen LogP contribution in [0, 0.1) is 0 Å². The molecule has 42 heavy (non-hydrogen) atoms. The molecule has 3 aromatic rings. The van der Waals surface area contributed by atoms with Crippen molar-refractivity contribution in [2.45, 2.75) is 36.4 Å². The topological polar surface area (TPSA) is 133 Å². The summed E-state index contributed by atoms with van der Waals surface area (Å²) in [5.74, 6) is -1.01. The maximum atomic E-state index is 13.1. The fraction of sp³-hybridized carbons (Fsp3) is 0.400. The van der Waals surface area contributed by atoms with Gasteiger partial charge in [-0.15, -0.1) is 22.9 Å². The normalized spacial score (nSPS) is 19.7. The first kappa shape index (κ1) is 30.0. The number of halogens is 4. The van der Waals surface area contributed by atoms with Gasteiger partial charge in [-0.3, -0.25) is 4.79 Å². The molecule has 0 bridgehead atoms. The van der Waals surface area contributed by atoms with Crippen LogP contribution >= 0.6 is 22.9 Å². The van der Waals surface area contributed by atoms with Crippen molar-refractivity contribution in [2.75, 3.05) is 26.0 Å². The fourth-order valence-electron chi connectivity index (χ4n) is 4.51. The number of hydrogen-bond donors (Lipinski definition) is 0. The van der Waals surface area contributed by atoms with Crippen LogP contribution in [0.25, 0.3) is 0 Å². The van der Waals surface area contributed by atoms with Crippen LogP contribution in [0.3, 0.4) is 0 Å². The zero-order valence-electron chi connectivity index (χ0n) is 21.8. The maximum absolute atomic E-state index is 13.1. The predicted molar refractivity (Wildman–Crippen MR) is 145 cm³/mol. The molecule has 0 radical (unpaired) electrons. The van der Waals surface area contributed by atoms with E-state index in [9.17, 15) is 26.4 Å². The number of rotatable bonds is 8. The molecule has 0 saturated carbocycles. The molecule has 0 aliphatic carbocycles. The van der Waals surface area contributed by atoms with Crippen molar-refractivity contribution in [3.8, 4) is 11.6 Å². The monoisotopic (exact) mass is 645 g/mol. The first-order valence-electron chi connectivity index (χ1n) is 12.5. The van der Waals surface area contributed by atoms with E-state index in [1.807, 2.05) is 5.38 Å². The van der Waals surface area contributed by atoms with Crippen molar-refractivity contribution >= 4 is 44.7 Å². The number of oxime groups is 1. The van der Waals surface area contributed by atoms with Gasteiger partial charge in [-0.2, -0.15) is 21.6 Å². The van der Waals surface area contributed by atoms with E-state index >= 15 is 0 Å². The summed E-state index contributed by atoms with van der Waals surface area (Å²) in [6, 6.07) is 6.38. The Hall–Kier alpha value is -3.50. The Kier molecular flexibility index (Phi) is 8.57. The summed E-state index contributed by atoms with van der Waals surface area (Å²) in [6.45, 7) is 0.171. The van der Waals surface area contributed by atoms with Crippen molar-refractivity contribution in [1.82, 2.24) is 19.9 Å². The molecular weight excluding hydrogens is 623 g/mol. The first-order chi connectivity index (χ1) is 19.9. The highest BCUT2D eigenvalue weighted by Crippen LogP contribution is 2.37. The molecule has 1 amide bonds. The van der Waals surface area contributed by atoms with Gasteiger partial charge in [-0.1, -0.05) is 17.3 Å². The smallest absolute Gasteiger partial charge is 0.438 e. The lowest BCUT2D eigenvalue weighted by Gasteiger charge is -2.31. The summed E-state index contributed by atoms with van der Waals surface area (Å²) >= 11 is 8.11. The Balaban J connectivity index is 1.16. The molecule has 2 aromatic heterocycles. The molecule has 4 heterocycles. The van der Waals surface area contributed by atoms with Gasteiger partial charge in [0.2, 0.25) is 11.6 Å². The molecule has 2 atom stereocenters. The number of aromatic nitrogens is 3. The molecule has 1 aromatic carbocycles. The van der Waals surface area contributed by atoms with Crippen LogP contribution in [0.2, 0.25) is 0 Å². The van der Waals surface area contributed by atoms with E-state index in [0.29, 0.717) is 42.9 Å². The van der Waals surface area contributed by atoms with Crippen LogP contribution in [0.5, 0.6) is 11.6 Å². The van der Waals surface area contributed by atoms with Gasteiger partial charge >= 0.3 is 16.3 Å². The Morgan fingerprint density at radius 1 is 1.21 bits per heavy atom. The molecule has 2 aliphatic rings.